The first-order valence-electron chi connectivity index (χ1n) is 10.6. The summed E-state index contributed by atoms with van der Waals surface area (Å²) < 4.78 is 47.1. The van der Waals surface area contributed by atoms with Crippen LogP contribution >= 0.6 is 15.6 Å². The van der Waals surface area contributed by atoms with Crippen molar-refractivity contribution in [1.29, 1.82) is 0 Å². The number of esters is 2. The molecule has 1 saturated carbocycles. The van der Waals surface area contributed by atoms with Gasteiger partial charge >= 0.3 is 27.6 Å². The zero-order valence-electron chi connectivity index (χ0n) is 19.0. The lowest BCUT2D eigenvalue weighted by Gasteiger charge is -2.43. The van der Waals surface area contributed by atoms with Gasteiger partial charge in [0.25, 0.3) is 0 Å². The van der Waals surface area contributed by atoms with Crippen LogP contribution in [0.15, 0.2) is 0 Å². The normalized spacial score (nSPS) is 29.7. The molecular formula is C17H32O16P2. The average Bonchev–Trinajstić information content (AvgIpc) is 2.74. The Morgan fingerprint density at radius 1 is 0.771 bits per heavy atom. The van der Waals surface area contributed by atoms with E-state index in [1.54, 1.807) is 13.8 Å². The molecule has 16 nitrogen and oxygen atoms in total. The Bertz CT molecular complexity index is 786. The fraction of sp³-hybridized carbons (Fsp3) is 0.882. The highest BCUT2D eigenvalue weighted by Crippen LogP contribution is 2.48. The molecule has 206 valence electrons. The van der Waals surface area contributed by atoms with Gasteiger partial charge in [0.05, 0.1) is 6.61 Å². The number of aliphatic hydroxyl groups excluding tert-OH is 4. The number of ether oxygens (including phenoxy) is 2. The predicted molar refractivity (Wildman–Crippen MR) is 112 cm³/mol. The first kappa shape index (κ1) is 32.0. The van der Waals surface area contributed by atoms with Crippen molar-refractivity contribution in [2.45, 2.75) is 82.3 Å². The second-order valence-corrected chi connectivity index (χ2v) is 10.3. The van der Waals surface area contributed by atoms with E-state index in [1.165, 1.54) is 0 Å². The lowest BCUT2D eigenvalue weighted by Crippen LogP contribution is -2.64. The largest absolute Gasteiger partial charge is 0.472 e. The third-order valence-electron chi connectivity index (χ3n) is 4.62. The summed E-state index contributed by atoms with van der Waals surface area (Å²) in [6.45, 7) is 2.06. The van der Waals surface area contributed by atoms with Gasteiger partial charge in [-0.2, -0.15) is 0 Å². The number of aliphatic hydroxyl groups is 4. The van der Waals surface area contributed by atoms with E-state index >= 15 is 0 Å². The SMILES string of the molecule is CCCC(=O)OCC(COP(=O)(O)O[C@@H]1[C@@H](O)[C@H](OP(=O)(O)O)[C@@H](O)[C@@H](O)[C@H]1O)OC(=O)CCC. The summed E-state index contributed by atoms with van der Waals surface area (Å²) in [5, 5.41) is 40.0. The maximum absolute atomic E-state index is 12.4. The van der Waals surface area contributed by atoms with E-state index in [1.807, 2.05) is 0 Å². The summed E-state index contributed by atoms with van der Waals surface area (Å²) in [6, 6.07) is 0. The maximum atomic E-state index is 12.4. The summed E-state index contributed by atoms with van der Waals surface area (Å²) >= 11 is 0. The van der Waals surface area contributed by atoms with Crippen molar-refractivity contribution in [3.05, 3.63) is 0 Å². The Balaban J connectivity index is 2.90. The third-order valence-corrected chi connectivity index (χ3v) is 6.12. The molecule has 1 rings (SSSR count). The zero-order chi connectivity index (χ0) is 27.0. The Morgan fingerprint density at radius 3 is 1.80 bits per heavy atom. The molecule has 0 radical (unpaired) electrons. The fourth-order valence-corrected chi connectivity index (χ4v) is 4.52. The molecule has 1 aliphatic rings. The number of hydrogen-bond donors (Lipinski definition) is 7. The summed E-state index contributed by atoms with van der Waals surface area (Å²) in [5.41, 5.74) is 0. The standard InChI is InChI=1S/C17H32O16P2/c1-3-5-10(18)29-7-9(31-11(19)6-4-2)8-30-35(27,28)33-17-14(22)12(20)13(21)16(15(17)23)32-34(24,25)26/h9,12-17,20-23H,3-8H2,1-2H3,(H,27,28)(H2,24,25,26)/t9?,12-,13+,14-,15+,16-,17+/m1/s1. The smallest absolute Gasteiger partial charge is 0.462 e. The van der Waals surface area contributed by atoms with Gasteiger partial charge in [0.1, 0.15) is 43.2 Å². The van der Waals surface area contributed by atoms with Crippen molar-refractivity contribution in [3.63, 3.8) is 0 Å². The molecule has 7 N–H and O–H groups in total. The molecule has 0 saturated heterocycles. The Hall–Kier alpha value is -1.00. The molecule has 1 aliphatic carbocycles. The van der Waals surface area contributed by atoms with E-state index in [0.29, 0.717) is 12.8 Å². The Morgan fingerprint density at radius 2 is 1.29 bits per heavy atom. The summed E-state index contributed by atoms with van der Waals surface area (Å²) in [5.74, 6) is -1.33. The zero-order valence-corrected chi connectivity index (χ0v) is 20.8. The topological polar surface area (TPSA) is 256 Å². The molecule has 0 spiro atoms. The van der Waals surface area contributed by atoms with Gasteiger partial charge in [-0.05, 0) is 12.8 Å². The van der Waals surface area contributed by atoms with E-state index in [4.69, 9.17) is 23.8 Å². The van der Waals surface area contributed by atoms with Crippen molar-refractivity contribution < 1.29 is 76.9 Å². The van der Waals surface area contributed by atoms with E-state index in [2.05, 4.69) is 9.05 Å². The summed E-state index contributed by atoms with van der Waals surface area (Å²) in [7, 11) is -10.5. The second kappa shape index (κ2) is 14.1. The van der Waals surface area contributed by atoms with Crippen LogP contribution in [0.4, 0.5) is 0 Å². The van der Waals surface area contributed by atoms with Gasteiger partial charge in [-0.1, -0.05) is 13.8 Å². The van der Waals surface area contributed by atoms with Gasteiger partial charge < -0.3 is 44.6 Å². The van der Waals surface area contributed by atoms with Crippen LogP contribution < -0.4 is 0 Å². The maximum Gasteiger partial charge on any atom is 0.472 e. The molecule has 8 atom stereocenters. The first-order valence-corrected chi connectivity index (χ1v) is 13.6. The average molecular weight is 554 g/mol. The van der Waals surface area contributed by atoms with E-state index in [0.717, 1.165) is 0 Å². The lowest BCUT2D eigenvalue weighted by molar-refractivity contribution is -0.216. The molecule has 0 aromatic rings. The second-order valence-electron chi connectivity index (χ2n) is 7.65. The quantitative estimate of drug-likeness (QED) is 0.0950. The van der Waals surface area contributed by atoms with Crippen molar-refractivity contribution in [3.8, 4) is 0 Å². The molecule has 0 aliphatic heterocycles. The van der Waals surface area contributed by atoms with Crippen LogP contribution in [0.25, 0.3) is 0 Å². The predicted octanol–water partition coefficient (Wildman–Crippen LogP) is -1.52. The van der Waals surface area contributed by atoms with Crippen LogP contribution in [-0.4, -0.2) is 103 Å². The lowest BCUT2D eigenvalue weighted by atomic mass is 9.85. The van der Waals surface area contributed by atoms with Crippen molar-refractivity contribution in [2.75, 3.05) is 13.2 Å². The molecule has 0 bridgehead atoms. The number of phosphoric acid groups is 2. The number of phosphoric ester groups is 2. The van der Waals surface area contributed by atoms with E-state index < -0.39 is 83.5 Å². The number of hydrogen-bond acceptors (Lipinski definition) is 13. The van der Waals surface area contributed by atoms with Gasteiger partial charge in [-0.15, -0.1) is 0 Å². The van der Waals surface area contributed by atoms with Crippen molar-refractivity contribution >= 4 is 27.6 Å². The van der Waals surface area contributed by atoms with E-state index in [-0.39, 0.29) is 12.8 Å². The van der Waals surface area contributed by atoms with Crippen molar-refractivity contribution in [1.82, 2.24) is 0 Å². The van der Waals surface area contributed by atoms with Gasteiger partial charge in [-0.25, -0.2) is 9.13 Å². The highest BCUT2D eigenvalue weighted by molar-refractivity contribution is 7.47. The highest BCUT2D eigenvalue weighted by atomic mass is 31.2. The van der Waals surface area contributed by atoms with E-state index in [9.17, 15) is 44.0 Å². The van der Waals surface area contributed by atoms with Gasteiger partial charge in [0.2, 0.25) is 0 Å². The summed E-state index contributed by atoms with van der Waals surface area (Å²) in [6.07, 6.45) is -13.7. The minimum atomic E-state index is -5.32. The number of carbonyl (C=O) groups is 2. The molecule has 0 amide bonds. The Labute approximate surface area is 200 Å². The van der Waals surface area contributed by atoms with Crippen LogP contribution in [0.5, 0.6) is 0 Å². The molecular weight excluding hydrogens is 522 g/mol. The van der Waals surface area contributed by atoms with Crippen LogP contribution in [0, 0.1) is 0 Å². The monoisotopic (exact) mass is 554 g/mol. The molecule has 0 heterocycles. The van der Waals surface area contributed by atoms with Crippen LogP contribution in [0.1, 0.15) is 39.5 Å². The van der Waals surface area contributed by atoms with Gasteiger partial charge in [-0.3, -0.25) is 23.2 Å². The Kier molecular flexibility index (Phi) is 12.9. The summed E-state index contributed by atoms with van der Waals surface area (Å²) in [4.78, 5) is 51.3. The number of rotatable bonds is 14. The van der Waals surface area contributed by atoms with Crippen LogP contribution in [0.3, 0.4) is 0 Å². The molecule has 1 fully saturated rings. The van der Waals surface area contributed by atoms with Gasteiger partial charge in [0.15, 0.2) is 6.10 Å². The molecule has 35 heavy (non-hydrogen) atoms. The minimum Gasteiger partial charge on any atom is -0.462 e. The molecule has 0 aromatic heterocycles. The van der Waals surface area contributed by atoms with Crippen LogP contribution in [0.2, 0.25) is 0 Å². The van der Waals surface area contributed by atoms with Crippen LogP contribution in [-0.2, 0) is 41.8 Å². The number of carbonyl (C=O) groups excluding carboxylic acids is 2. The van der Waals surface area contributed by atoms with Gasteiger partial charge in [0, 0.05) is 12.8 Å². The van der Waals surface area contributed by atoms with Crippen molar-refractivity contribution in [2.24, 2.45) is 0 Å². The highest BCUT2D eigenvalue weighted by Gasteiger charge is 2.54. The molecule has 0 aromatic carbocycles. The minimum absolute atomic E-state index is 0.00563. The molecule has 2 unspecified atom stereocenters. The fourth-order valence-electron chi connectivity index (χ4n) is 2.98. The first-order chi connectivity index (χ1) is 16.1. The molecule has 18 heteroatoms. The third kappa shape index (κ3) is 10.9.